The molecule has 0 saturated heterocycles. The minimum atomic E-state index is 0.253. The van der Waals surface area contributed by atoms with Gasteiger partial charge in [0.25, 0.3) is 0 Å². The van der Waals surface area contributed by atoms with E-state index >= 15 is 0 Å². The molecule has 3 aliphatic rings. The van der Waals surface area contributed by atoms with E-state index in [-0.39, 0.29) is 10.8 Å². The lowest BCUT2D eigenvalue weighted by Crippen LogP contribution is -2.55. The maximum Gasteiger partial charge on any atom is 0.0403 e. The molecule has 1 saturated carbocycles. The first-order valence-corrected chi connectivity index (χ1v) is 8.91. The quantitative estimate of drug-likeness (QED) is 0.780. The van der Waals surface area contributed by atoms with Crippen molar-refractivity contribution in [2.45, 2.75) is 36.5 Å². The first-order valence-electron chi connectivity index (χ1n) is 8.91. The third-order valence-electron chi connectivity index (χ3n) is 6.73. The highest BCUT2D eigenvalue weighted by molar-refractivity contribution is 5.70. The summed E-state index contributed by atoms with van der Waals surface area (Å²) in [4.78, 5) is 2.49. The fourth-order valence-electron chi connectivity index (χ4n) is 5.79. The van der Waals surface area contributed by atoms with Crippen LogP contribution in [0.1, 0.15) is 36.8 Å². The number of para-hydroxylation sites is 2. The van der Waals surface area contributed by atoms with Gasteiger partial charge in [0, 0.05) is 42.3 Å². The second kappa shape index (κ2) is 4.53. The summed E-state index contributed by atoms with van der Waals surface area (Å²) in [6, 6.07) is 18.1. The number of rotatable bonds is 0. The fraction of sp³-hybridized carbons (Fsp3) is 0.429. The Morgan fingerprint density at radius 3 is 2.43 bits per heavy atom. The summed E-state index contributed by atoms with van der Waals surface area (Å²) in [5.74, 6) is 0. The number of fused-ring (bicyclic) bond motifs is 5. The molecule has 5 rings (SSSR count). The summed E-state index contributed by atoms with van der Waals surface area (Å²) in [5, 5.41) is 3.74. The van der Waals surface area contributed by atoms with Crippen molar-refractivity contribution in [3.8, 4) is 0 Å². The summed E-state index contributed by atoms with van der Waals surface area (Å²) in [6.45, 7) is 2.25. The van der Waals surface area contributed by atoms with E-state index in [1.165, 1.54) is 37.1 Å². The minimum Gasteiger partial charge on any atom is -0.384 e. The summed E-state index contributed by atoms with van der Waals surface area (Å²) in [6.07, 6.45) is 5.32. The third-order valence-corrected chi connectivity index (χ3v) is 6.73. The molecular weight excluding hydrogens is 280 g/mol. The molecule has 2 nitrogen and oxygen atoms in total. The van der Waals surface area contributed by atoms with Gasteiger partial charge in [0.1, 0.15) is 0 Å². The maximum absolute atomic E-state index is 3.74. The molecule has 2 unspecified atom stereocenters. The highest BCUT2D eigenvalue weighted by Gasteiger charge is 2.60. The fourth-order valence-corrected chi connectivity index (χ4v) is 5.79. The number of hydrogen-bond acceptors (Lipinski definition) is 2. The van der Waals surface area contributed by atoms with Crippen LogP contribution in [0.4, 0.5) is 11.4 Å². The zero-order chi connectivity index (χ0) is 15.5. The Hall–Kier alpha value is -1.96. The molecule has 0 bridgehead atoms. The van der Waals surface area contributed by atoms with E-state index in [0.717, 1.165) is 13.1 Å². The standard InChI is InChI=1S/C21H24N2/c1-23-15-21(17-9-3-5-11-19(17)23)13-7-6-12-20(21)14-22-18-10-4-2-8-16(18)20/h2-5,8-11,22H,6-7,12-15H2,1H3. The molecule has 0 amide bonds. The first-order chi connectivity index (χ1) is 11.3. The van der Waals surface area contributed by atoms with Crippen LogP contribution in [-0.4, -0.2) is 20.1 Å². The van der Waals surface area contributed by atoms with Gasteiger partial charge in [0.2, 0.25) is 0 Å². The topological polar surface area (TPSA) is 15.3 Å². The summed E-state index contributed by atoms with van der Waals surface area (Å²) in [5.41, 5.74) is 6.46. The van der Waals surface area contributed by atoms with Crippen LogP contribution in [0.2, 0.25) is 0 Å². The lowest BCUT2D eigenvalue weighted by molar-refractivity contribution is 0.168. The van der Waals surface area contributed by atoms with E-state index in [2.05, 4.69) is 65.8 Å². The number of nitrogens with zero attached hydrogens (tertiary/aromatic N) is 1. The number of nitrogens with one attached hydrogen (secondary N) is 1. The zero-order valence-corrected chi connectivity index (χ0v) is 13.8. The van der Waals surface area contributed by atoms with Crippen molar-refractivity contribution < 1.29 is 0 Å². The molecule has 1 N–H and O–H groups in total. The van der Waals surface area contributed by atoms with Crippen LogP contribution >= 0.6 is 0 Å². The van der Waals surface area contributed by atoms with Gasteiger partial charge < -0.3 is 10.2 Å². The van der Waals surface area contributed by atoms with Crippen molar-refractivity contribution in [2.75, 3.05) is 30.4 Å². The Morgan fingerprint density at radius 2 is 1.57 bits per heavy atom. The molecule has 2 aromatic carbocycles. The molecule has 1 fully saturated rings. The molecule has 0 aromatic heterocycles. The predicted molar refractivity (Wildman–Crippen MR) is 96.5 cm³/mol. The second-order valence-electron chi connectivity index (χ2n) is 7.64. The Labute approximate surface area is 138 Å². The molecule has 0 radical (unpaired) electrons. The smallest absolute Gasteiger partial charge is 0.0403 e. The lowest BCUT2D eigenvalue weighted by Gasteiger charge is -2.50. The highest BCUT2D eigenvalue weighted by Crippen LogP contribution is 2.61. The van der Waals surface area contributed by atoms with E-state index in [4.69, 9.17) is 0 Å². The number of likely N-dealkylation sites (N-methyl/N-ethyl adjacent to an activating group) is 1. The molecule has 2 aromatic rings. The van der Waals surface area contributed by atoms with Crippen LogP contribution in [0.15, 0.2) is 48.5 Å². The van der Waals surface area contributed by atoms with Crippen molar-refractivity contribution in [3.05, 3.63) is 59.7 Å². The van der Waals surface area contributed by atoms with E-state index in [9.17, 15) is 0 Å². The molecule has 2 spiro atoms. The first kappa shape index (κ1) is 13.5. The normalized spacial score (nSPS) is 31.3. The van der Waals surface area contributed by atoms with Gasteiger partial charge in [-0.05, 0) is 36.1 Å². The number of anilines is 2. The van der Waals surface area contributed by atoms with Crippen LogP contribution in [0, 0.1) is 0 Å². The SMILES string of the molecule is CN1CC2(CCCCC23CNc2ccccc23)c2ccccc21. The van der Waals surface area contributed by atoms with E-state index < -0.39 is 0 Å². The van der Waals surface area contributed by atoms with Gasteiger partial charge in [0.15, 0.2) is 0 Å². The van der Waals surface area contributed by atoms with Gasteiger partial charge in [-0.3, -0.25) is 0 Å². The largest absolute Gasteiger partial charge is 0.384 e. The van der Waals surface area contributed by atoms with E-state index in [1.807, 2.05) is 0 Å². The lowest BCUT2D eigenvalue weighted by atomic mass is 9.52. The van der Waals surface area contributed by atoms with Crippen molar-refractivity contribution >= 4 is 11.4 Å². The van der Waals surface area contributed by atoms with Gasteiger partial charge >= 0.3 is 0 Å². The predicted octanol–water partition coefficient (Wildman–Crippen LogP) is 4.31. The van der Waals surface area contributed by atoms with Crippen LogP contribution in [-0.2, 0) is 10.8 Å². The van der Waals surface area contributed by atoms with Crippen LogP contribution in [0.3, 0.4) is 0 Å². The van der Waals surface area contributed by atoms with E-state index in [1.54, 1.807) is 11.1 Å². The van der Waals surface area contributed by atoms with Gasteiger partial charge in [-0.1, -0.05) is 49.2 Å². The maximum atomic E-state index is 3.74. The van der Waals surface area contributed by atoms with Gasteiger partial charge in [-0.25, -0.2) is 0 Å². The monoisotopic (exact) mass is 304 g/mol. The molecular formula is C21H24N2. The zero-order valence-electron chi connectivity index (χ0n) is 13.8. The summed E-state index contributed by atoms with van der Waals surface area (Å²) < 4.78 is 0. The molecule has 2 aliphatic heterocycles. The second-order valence-corrected chi connectivity index (χ2v) is 7.64. The molecule has 1 aliphatic carbocycles. The van der Waals surface area contributed by atoms with Crippen molar-refractivity contribution in [1.29, 1.82) is 0 Å². The molecule has 23 heavy (non-hydrogen) atoms. The Bertz CT molecular complexity index is 764. The molecule has 2 atom stereocenters. The molecule has 118 valence electrons. The Kier molecular flexibility index (Phi) is 2.66. The summed E-state index contributed by atoms with van der Waals surface area (Å²) in [7, 11) is 2.27. The molecule has 2 heterocycles. The van der Waals surface area contributed by atoms with Crippen LogP contribution in [0.5, 0.6) is 0 Å². The van der Waals surface area contributed by atoms with Crippen LogP contribution in [0.25, 0.3) is 0 Å². The van der Waals surface area contributed by atoms with Crippen LogP contribution < -0.4 is 10.2 Å². The van der Waals surface area contributed by atoms with Gasteiger partial charge in [-0.15, -0.1) is 0 Å². The highest BCUT2D eigenvalue weighted by atomic mass is 15.1. The van der Waals surface area contributed by atoms with Gasteiger partial charge in [-0.2, -0.15) is 0 Å². The average molecular weight is 304 g/mol. The number of hydrogen-bond donors (Lipinski definition) is 1. The Balaban J connectivity index is 1.77. The number of benzene rings is 2. The third kappa shape index (κ3) is 1.54. The van der Waals surface area contributed by atoms with E-state index in [0.29, 0.717) is 0 Å². The van der Waals surface area contributed by atoms with Crippen molar-refractivity contribution in [1.82, 2.24) is 0 Å². The van der Waals surface area contributed by atoms with Gasteiger partial charge in [0.05, 0.1) is 0 Å². The molecule has 2 heteroatoms. The minimum absolute atomic E-state index is 0.253. The van der Waals surface area contributed by atoms with Crippen molar-refractivity contribution in [2.24, 2.45) is 0 Å². The van der Waals surface area contributed by atoms with Crippen molar-refractivity contribution in [3.63, 3.8) is 0 Å². The summed E-state index contributed by atoms with van der Waals surface area (Å²) >= 11 is 0. The Morgan fingerprint density at radius 1 is 0.870 bits per heavy atom. The average Bonchev–Trinajstić information content (AvgIpc) is 3.10.